The zero-order chi connectivity index (χ0) is 52.7. The molecule has 0 unspecified atom stereocenters. The number of halogens is 2. The van der Waals surface area contributed by atoms with Gasteiger partial charge < -0.3 is 74.3 Å². The molecule has 2 fully saturated rings. The van der Waals surface area contributed by atoms with Gasteiger partial charge in [-0.05, 0) is 65.9 Å². The van der Waals surface area contributed by atoms with Crippen LogP contribution >= 0.6 is 23.2 Å². The maximum absolute atomic E-state index is 14.4. The van der Waals surface area contributed by atoms with Crippen molar-refractivity contribution in [3.8, 4) is 17.2 Å². The molecule has 2 saturated heterocycles. The molecule has 19 heteroatoms. The summed E-state index contributed by atoms with van der Waals surface area (Å²) in [6.45, 7) is 5.11. The van der Waals surface area contributed by atoms with Crippen molar-refractivity contribution >= 4 is 80.1 Å². The second-order valence-electron chi connectivity index (χ2n) is 19.6. The van der Waals surface area contributed by atoms with Crippen molar-refractivity contribution in [2.75, 3.05) is 47.9 Å². The lowest BCUT2D eigenvalue weighted by Gasteiger charge is -2.39. The number of carbonyl (C=O) groups is 2. The van der Waals surface area contributed by atoms with Crippen molar-refractivity contribution in [3.63, 3.8) is 0 Å². The fourth-order valence-electron chi connectivity index (χ4n) is 10.0. The van der Waals surface area contributed by atoms with Gasteiger partial charge in [-0.2, -0.15) is 0 Å². The summed E-state index contributed by atoms with van der Waals surface area (Å²) in [6.07, 6.45) is -8.25. The van der Waals surface area contributed by atoms with E-state index < -0.39 is 80.2 Å². The zero-order valence-corrected chi connectivity index (χ0v) is 42.3. The topological polar surface area (TPSA) is 249 Å². The third-order valence-electron chi connectivity index (χ3n) is 14.4. The van der Waals surface area contributed by atoms with Crippen LogP contribution in [0.25, 0.3) is 33.7 Å². The molecule has 17 nitrogen and oxygen atoms in total. The first-order valence-corrected chi connectivity index (χ1v) is 25.6. The van der Waals surface area contributed by atoms with Crippen molar-refractivity contribution in [2.45, 2.75) is 106 Å². The molecule has 4 heterocycles. The van der Waals surface area contributed by atoms with Crippen LogP contribution in [0.3, 0.4) is 0 Å². The zero-order valence-electron chi connectivity index (χ0n) is 40.8. The normalized spacial score (nSPS) is 28.1. The van der Waals surface area contributed by atoms with E-state index in [0.29, 0.717) is 45.4 Å². The molecule has 0 bridgehead atoms. The van der Waals surface area contributed by atoms with Crippen molar-refractivity contribution in [1.29, 1.82) is 0 Å². The Morgan fingerprint density at radius 3 is 1.50 bits per heavy atom. The predicted molar refractivity (Wildman–Crippen MR) is 278 cm³/mol. The van der Waals surface area contributed by atoms with Gasteiger partial charge in [0.1, 0.15) is 71.7 Å². The van der Waals surface area contributed by atoms with E-state index in [9.17, 15) is 50.4 Å². The van der Waals surface area contributed by atoms with E-state index in [1.165, 1.54) is 12.2 Å². The van der Waals surface area contributed by atoms with Crippen LogP contribution in [0.5, 0.6) is 17.2 Å². The Labute approximate surface area is 436 Å². The number of fused-ring (bicyclic) bond motifs is 6. The molecule has 0 spiro atoms. The number of aliphatic hydroxyl groups is 8. The van der Waals surface area contributed by atoms with Crippen molar-refractivity contribution in [1.82, 2.24) is 0 Å². The summed E-state index contributed by atoms with van der Waals surface area (Å²) in [6, 6.07) is 23.4. The standard InChI is InChI=1S/C55H60Cl2N2O15/c1-4-55(2,3)74-38-19-28(14-17-43(62)58-24-30(22-56)45-34-11-7-5-9-32(34)39(20-36(45)58)70-53-51(68)49(66)47(64)41(26-60)72-53)13-15-29(38)16-18-44(63)59-25-31(23-57)46-35-12-8-6-10-33(35)40(21-37(46)59)71-54-52(69)50(67)48(65)42(27-61)73-54/h5-21,30-31,41-42,47-54,60-61,64-69H,4,22-27H2,1-3H3/b17-14+,18-16+/t30-,31-,41-,42-,47+,48+,49+,50+,51-,52-,53-,54-/m1/s1. The summed E-state index contributed by atoms with van der Waals surface area (Å²) in [5.74, 6) is 0.0749. The Morgan fingerprint density at radius 1 is 0.622 bits per heavy atom. The minimum absolute atomic E-state index is 0.203. The Bertz CT molecular complexity index is 2950. The number of anilines is 2. The number of hydrogen-bond donors (Lipinski definition) is 8. The smallest absolute Gasteiger partial charge is 0.251 e. The monoisotopic (exact) mass is 1060 g/mol. The van der Waals surface area contributed by atoms with Crippen LogP contribution < -0.4 is 24.0 Å². The van der Waals surface area contributed by atoms with Gasteiger partial charge in [-0.3, -0.25) is 9.59 Å². The molecule has 2 amide bonds. The highest BCUT2D eigenvalue weighted by Crippen LogP contribution is 2.48. The summed E-state index contributed by atoms with van der Waals surface area (Å²) < 4.78 is 30.3. The minimum atomic E-state index is -1.66. The van der Waals surface area contributed by atoms with E-state index >= 15 is 0 Å². The molecule has 8 N–H and O–H groups in total. The molecule has 4 aliphatic heterocycles. The third kappa shape index (κ3) is 10.2. The molecule has 9 rings (SSSR count). The number of alkyl halides is 2. The maximum Gasteiger partial charge on any atom is 0.251 e. The van der Waals surface area contributed by atoms with Gasteiger partial charge >= 0.3 is 0 Å². The highest BCUT2D eigenvalue weighted by atomic mass is 35.5. The van der Waals surface area contributed by atoms with Crippen molar-refractivity contribution < 1.29 is 74.1 Å². The molecule has 74 heavy (non-hydrogen) atoms. The van der Waals surface area contributed by atoms with Crippen LogP contribution in [0.2, 0.25) is 0 Å². The van der Waals surface area contributed by atoms with Gasteiger partial charge in [-0.1, -0.05) is 67.6 Å². The quantitative estimate of drug-likeness (QED) is 0.0524. The van der Waals surface area contributed by atoms with E-state index in [-0.39, 0.29) is 60.0 Å². The fraction of sp³-hybridized carbons (Fsp3) is 0.418. The molecule has 0 aromatic heterocycles. The summed E-state index contributed by atoms with van der Waals surface area (Å²) >= 11 is 13.1. The molecule has 0 radical (unpaired) electrons. The fourth-order valence-corrected chi connectivity index (χ4v) is 10.5. The summed E-state index contributed by atoms with van der Waals surface area (Å²) in [7, 11) is 0. The van der Waals surface area contributed by atoms with E-state index in [1.54, 1.807) is 64.4 Å². The van der Waals surface area contributed by atoms with Gasteiger partial charge in [-0.15, -0.1) is 23.2 Å². The average molecular weight is 1060 g/mol. The lowest BCUT2D eigenvalue weighted by molar-refractivity contribution is -0.277. The molecular formula is C55H60Cl2N2O15. The van der Waals surface area contributed by atoms with Gasteiger partial charge in [0.2, 0.25) is 12.6 Å². The SMILES string of the molecule is CCC(C)(C)Oc1cc(/C=C/C(=O)N2C[C@@H](CCl)c3c2cc(O[C@@H]2O[C@H](CO)[C@H](O)[C@H](O)[C@H]2O)c2ccccc32)ccc1/C=C/C(=O)N1C[C@@H](CCl)c2c1cc(O[C@@H]1O[C@H](CO)[C@H](O)[C@H](O)[C@H]1O)c1ccccc21. The van der Waals surface area contributed by atoms with Crippen LogP contribution in [0.1, 0.15) is 61.3 Å². The van der Waals surface area contributed by atoms with Crippen LogP contribution in [0.4, 0.5) is 11.4 Å². The Balaban J connectivity index is 0.988. The number of benzene rings is 5. The number of carbonyl (C=O) groups excluding carboxylic acids is 2. The summed E-state index contributed by atoms with van der Waals surface area (Å²) in [4.78, 5) is 31.8. The van der Waals surface area contributed by atoms with Gasteiger partial charge in [0.15, 0.2) is 0 Å². The summed E-state index contributed by atoms with van der Waals surface area (Å²) in [5, 5.41) is 85.7. The molecule has 0 aliphatic carbocycles. The van der Waals surface area contributed by atoms with Crippen LogP contribution in [-0.4, -0.2) is 158 Å². The third-order valence-corrected chi connectivity index (χ3v) is 15.2. The second-order valence-corrected chi connectivity index (χ2v) is 20.2. The molecule has 4 aliphatic rings. The predicted octanol–water partition coefficient (Wildman–Crippen LogP) is 4.68. The second kappa shape index (κ2) is 22.1. The first-order valence-electron chi connectivity index (χ1n) is 24.5. The first-order chi connectivity index (χ1) is 35.5. The highest BCUT2D eigenvalue weighted by Gasteiger charge is 2.47. The molecule has 12 atom stereocenters. The number of nitrogens with zero attached hydrogens (tertiary/aromatic N) is 2. The van der Waals surface area contributed by atoms with Crippen LogP contribution in [-0.2, 0) is 19.1 Å². The molecule has 0 saturated carbocycles. The number of rotatable bonds is 15. The molecule has 5 aromatic carbocycles. The Kier molecular flexibility index (Phi) is 15.9. The Morgan fingerprint density at radius 2 is 1.07 bits per heavy atom. The van der Waals surface area contributed by atoms with E-state index in [1.807, 2.05) is 57.2 Å². The first kappa shape index (κ1) is 53.4. The van der Waals surface area contributed by atoms with Crippen molar-refractivity contribution in [3.05, 3.63) is 113 Å². The summed E-state index contributed by atoms with van der Waals surface area (Å²) in [5.41, 5.74) is 3.26. The number of ether oxygens (including phenoxy) is 5. The van der Waals surface area contributed by atoms with E-state index in [2.05, 4.69) is 0 Å². The average Bonchev–Trinajstić information content (AvgIpc) is 3.99. The van der Waals surface area contributed by atoms with Gasteiger partial charge in [0, 0.05) is 77.3 Å². The van der Waals surface area contributed by atoms with Crippen LogP contribution in [0, 0.1) is 0 Å². The largest absolute Gasteiger partial charge is 0.487 e. The van der Waals surface area contributed by atoms with Gasteiger partial charge in [0.05, 0.1) is 24.6 Å². The lowest BCUT2D eigenvalue weighted by atomic mass is 9.95. The Hall–Kier alpha value is -5.38. The van der Waals surface area contributed by atoms with E-state index in [0.717, 1.165) is 21.9 Å². The number of aliphatic hydroxyl groups excluding tert-OH is 8. The number of amides is 2. The molecular weight excluding hydrogens is 1000 g/mol. The molecule has 5 aromatic rings. The van der Waals surface area contributed by atoms with Gasteiger partial charge in [-0.25, -0.2) is 0 Å². The van der Waals surface area contributed by atoms with Crippen molar-refractivity contribution in [2.24, 2.45) is 0 Å². The van der Waals surface area contributed by atoms with E-state index in [4.69, 9.17) is 46.9 Å². The molecule has 394 valence electrons. The highest BCUT2D eigenvalue weighted by molar-refractivity contribution is 6.20. The minimum Gasteiger partial charge on any atom is -0.487 e. The number of hydrogen-bond acceptors (Lipinski definition) is 15. The lowest BCUT2D eigenvalue weighted by Crippen LogP contribution is -2.60. The van der Waals surface area contributed by atoms with Gasteiger partial charge in [0.25, 0.3) is 11.8 Å². The van der Waals surface area contributed by atoms with Crippen LogP contribution in [0.15, 0.2) is 91.0 Å². The maximum atomic E-state index is 14.4.